The molecule has 1 amide bonds. The van der Waals surface area contributed by atoms with Gasteiger partial charge in [-0.2, -0.15) is 5.10 Å². The molecule has 0 fully saturated rings. The average molecular weight is 340 g/mol. The first-order chi connectivity index (χ1) is 11.4. The second-order valence-electron chi connectivity index (χ2n) is 5.84. The van der Waals surface area contributed by atoms with Crippen LogP contribution < -0.4 is 5.32 Å². The predicted molar refractivity (Wildman–Crippen MR) is 97.2 cm³/mol. The molecule has 0 saturated carbocycles. The first kappa shape index (κ1) is 16.3. The number of aromatic nitrogens is 2. The molecule has 0 saturated heterocycles. The maximum absolute atomic E-state index is 12.6. The SMILES string of the molecule is Cc1ccc(C(=O)Nc2cc(C)nn2-c2cccc(Cl)c2)c(C)c1. The molecule has 4 nitrogen and oxygen atoms in total. The van der Waals surface area contributed by atoms with Gasteiger partial charge in [0.25, 0.3) is 5.91 Å². The minimum Gasteiger partial charge on any atom is -0.306 e. The summed E-state index contributed by atoms with van der Waals surface area (Å²) >= 11 is 6.06. The van der Waals surface area contributed by atoms with Gasteiger partial charge in [0.15, 0.2) is 0 Å². The van der Waals surface area contributed by atoms with E-state index in [4.69, 9.17) is 11.6 Å². The molecule has 0 aliphatic heterocycles. The summed E-state index contributed by atoms with van der Waals surface area (Å²) in [4.78, 5) is 12.6. The van der Waals surface area contributed by atoms with Crippen molar-refractivity contribution >= 4 is 23.3 Å². The lowest BCUT2D eigenvalue weighted by atomic mass is 10.1. The molecule has 1 heterocycles. The number of aryl methyl sites for hydroxylation is 3. The summed E-state index contributed by atoms with van der Waals surface area (Å²) in [5.74, 6) is 0.454. The van der Waals surface area contributed by atoms with Crippen LogP contribution in [0, 0.1) is 20.8 Å². The minimum absolute atomic E-state index is 0.157. The van der Waals surface area contributed by atoms with E-state index < -0.39 is 0 Å². The van der Waals surface area contributed by atoms with Gasteiger partial charge in [0.05, 0.1) is 11.4 Å². The summed E-state index contributed by atoms with van der Waals surface area (Å²) in [6, 6.07) is 15.0. The number of carbonyl (C=O) groups excluding carboxylic acids is 1. The fourth-order valence-corrected chi connectivity index (χ4v) is 2.83. The molecular formula is C19H18ClN3O. The molecule has 24 heavy (non-hydrogen) atoms. The number of hydrogen-bond acceptors (Lipinski definition) is 2. The van der Waals surface area contributed by atoms with E-state index >= 15 is 0 Å². The smallest absolute Gasteiger partial charge is 0.257 e. The molecule has 0 spiro atoms. The zero-order valence-corrected chi connectivity index (χ0v) is 14.6. The number of halogens is 1. The fraction of sp³-hybridized carbons (Fsp3) is 0.158. The second kappa shape index (κ2) is 6.49. The third-order valence-corrected chi connectivity index (χ3v) is 3.99. The molecule has 5 heteroatoms. The van der Waals surface area contributed by atoms with Crippen LogP contribution in [0.25, 0.3) is 5.69 Å². The van der Waals surface area contributed by atoms with Gasteiger partial charge in [0.2, 0.25) is 0 Å². The lowest BCUT2D eigenvalue weighted by Gasteiger charge is -2.11. The molecule has 3 aromatic rings. The maximum atomic E-state index is 12.6. The lowest BCUT2D eigenvalue weighted by molar-refractivity contribution is 0.102. The molecule has 1 N–H and O–H groups in total. The van der Waals surface area contributed by atoms with Crippen molar-refractivity contribution < 1.29 is 4.79 Å². The Morgan fingerprint density at radius 3 is 2.58 bits per heavy atom. The largest absolute Gasteiger partial charge is 0.306 e. The molecule has 0 aliphatic rings. The number of amides is 1. The van der Waals surface area contributed by atoms with Crippen molar-refractivity contribution in [2.24, 2.45) is 0 Å². The van der Waals surface area contributed by atoms with Crippen molar-refractivity contribution in [3.63, 3.8) is 0 Å². The Morgan fingerprint density at radius 2 is 1.88 bits per heavy atom. The van der Waals surface area contributed by atoms with Crippen molar-refractivity contribution in [3.8, 4) is 5.69 Å². The van der Waals surface area contributed by atoms with Crippen molar-refractivity contribution in [1.29, 1.82) is 0 Å². The van der Waals surface area contributed by atoms with Gasteiger partial charge in [-0.25, -0.2) is 4.68 Å². The molecule has 0 atom stereocenters. The van der Waals surface area contributed by atoms with E-state index in [1.54, 1.807) is 16.8 Å². The minimum atomic E-state index is -0.157. The molecule has 122 valence electrons. The standard InChI is InChI=1S/C19H18ClN3O/c1-12-7-8-17(13(2)9-12)19(24)21-18-10-14(3)22-23(18)16-6-4-5-15(20)11-16/h4-11H,1-3H3,(H,21,24). The normalized spacial score (nSPS) is 10.7. The van der Waals surface area contributed by atoms with E-state index in [2.05, 4.69) is 10.4 Å². The molecule has 0 aliphatic carbocycles. The topological polar surface area (TPSA) is 46.9 Å². The Balaban J connectivity index is 1.94. The zero-order valence-electron chi connectivity index (χ0n) is 13.8. The van der Waals surface area contributed by atoms with Gasteiger partial charge in [-0.05, 0) is 50.6 Å². The Kier molecular flexibility index (Phi) is 4.40. The summed E-state index contributed by atoms with van der Waals surface area (Å²) < 4.78 is 1.68. The van der Waals surface area contributed by atoms with Crippen LogP contribution in [0.4, 0.5) is 5.82 Å². The lowest BCUT2D eigenvalue weighted by Crippen LogP contribution is -2.16. The highest BCUT2D eigenvalue weighted by Gasteiger charge is 2.14. The third kappa shape index (κ3) is 3.34. The van der Waals surface area contributed by atoms with Crippen LogP contribution in [-0.4, -0.2) is 15.7 Å². The van der Waals surface area contributed by atoms with Crippen molar-refractivity contribution in [3.05, 3.63) is 75.9 Å². The Bertz CT molecular complexity index is 915. The van der Waals surface area contributed by atoms with Crippen LogP contribution >= 0.6 is 11.6 Å². The highest BCUT2D eigenvalue weighted by atomic mass is 35.5. The number of hydrogen-bond donors (Lipinski definition) is 1. The number of rotatable bonds is 3. The molecule has 3 rings (SSSR count). The Labute approximate surface area is 146 Å². The molecular weight excluding hydrogens is 322 g/mol. The van der Waals surface area contributed by atoms with Gasteiger partial charge < -0.3 is 5.32 Å². The summed E-state index contributed by atoms with van der Waals surface area (Å²) in [5.41, 5.74) is 4.33. The molecule has 1 aromatic heterocycles. The number of benzene rings is 2. The third-order valence-electron chi connectivity index (χ3n) is 3.75. The Morgan fingerprint density at radius 1 is 1.08 bits per heavy atom. The summed E-state index contributed by atoms with van der Waals surface area (Å²) in [6.07, 6.45) is 0. The summed E-state index contributed by atoms with van der Waals surface area (Å²) in [7, 11) is 0. The van der Waals surface area contributed by atoms with Crippen molar-refractivity contribution in [2.75, 3.05) is 5.32 Å². The quantitative estimate of drug-likeness (QED) is 0.751. The highest BCUT2D eigenvalue weighted by Crippen LogP contribution is 2.21. The average Bonchev–Trinajstić information content (AvgIpc) is 2.87. The van der Waals surface area contributed by atoms with Crippen molar-refractivity contribution in [1.82, 2.24) is 9.78 Å². The van der Waals surface area contributed by atoms with Gasteiger partial charge >= 0.3 is 0 Å². The van der Waals surface area contributed by atoms with Crippen LogP contribution in [0.3, 0.4) is 0 Å². The number of nitrogens with zero attached hydrogens (tertiary/aromatic N) is 2. The van der Waals surface area contributed by atoms with Gasteiger partial charge in [0.1, 0.15) is 5.82 Å². The highest BCUT2D eigenvalue weighted by molar-refractivity contribution is 6.30. The van der Waals surface area contributed by atoms with E-state index in [9.17, 15) is 4.79 Å². The molecule has 0 bridgehead atoms. The summed E-state index contributed by atoms with van der Waals surface area (Å²) in [6.45, 7) is 5.82. The van der Waals surface area contributed by atoms with E-state index in [-0.39, 0.29) is 5.91 Å². The van der Waals surface area contributed by atoms with Gasteiger partial charge in [-0.15, -0.1) is 0 Å². The van der Waals surface area contributed by atoms with E-state index in [0.717, 1.165) is 22.5 Å². The van der Waals surface area contributed by atoms with Crippen molar-refractivity contribution in [2.45, 2.75) is 20.8 Å². The van der Waals surface area contributed by atoms with Gasteiger partial charge in [-0.3, -0.25) is 4.79 Å². The monoisotopic (exact) mass is 339 g/mol. The van der Waals surface area contributed by atoms with Crippen LogP contribution in [-0.2, 0) is 0 Å². The van der Waals surface area contributed by atoms with Crippen LogP contribution in [0.5, 0.6) is 0 Å². The first-order valence-electron chi connectivity index (χ1n) is 7.65. The van der Waals surface area contributed by atoms with Crippen LogP contribution in [0.1, 0.15) is 27.2 Å². The van der Waals surface area contributed by atoms with Gasteiger partial charge in [0, 0.05) is 16.7 Å². The number of nitrogens with one attached hydrogen (secondary N) is 1. The molecule has 2 aromatic carbocycles. The van der Waals surface area contributed by atoms with E-state index in [0.29, 0.717) is 16.4 Å². The van der Waals surface area contributed by atoms with Crippen LogP contribution in [0.15, 0.2) is 48.5 Å². The molecule has 0 radical (unpaired) electrons. The van der Waals surface area contributed by atoms with Gasteiger partial charge in [-0.1, -0.05) is 35.4 Å². The van der Waals surface area contributed by atoms with E-state index in [1.165, 1.54) is 0 Å². The second-order valence-corrected chi connectivity index (χ2v) is 6.27. The summed E-state index contributed by atoms with van der Waals surface area (Å²) in [5, 5.41) is 8.01. The molecule has 0 unspecified atom stereocenters. The predicted octanol–water partition coefficient (Wildman–Crippen LogP) is 4.70. The number of carbonyl (C=O) groups is 1. The Hall–Kier alpha value is -2.59. The fourth-order valence-electron chi connectivity index (χ4n) is 2.65. The maximum Gasteiger partial charge on any atom is 0.257 e. The van der Waals surface area contributed by atoms with Crippen LogP contribution in [0.2, 0.25) is 5.02 Å². The number of anilines is 1. The zero-order chi connectivity index (χ0) is 17.3. The first-order valence-corrected chi connectivity index (χ1v) is 8.03. The van der Waals surface area contributed by atoms with E-state index in [1.807, 2.05) is 57.2 Å².